The Balaban J connectivity index is 2.58. The number of aromatic nitrogens is 2. The third kappa shape index (κ3) is 3.32. The average Bonchev–Trinajstić information content (AvgIpc) is 2.09. The first kappa shape index (κ1) is 9.68. The minimum atomic E-state index is 0.639. The van der Waals surface area contributed by atoms with Crippen LogP contribution in [0.15, 0.2) is 23.1 Å². The molecule has 0 unspecified atom stereocenters. The molecule has 1 rings (SSSR count). The molecule has 1 heterocycles. The lowest BCUT2D eigenvalue weighted by molar-refractivity contribution is 1.14. The van der Waals surface area contributed by atoms with Gasteiger partial charge in [-0.3, -0.25) is 4.98 Å². The van der Waals surface area contributed by atoms with E-state index in [2.05, 4.69) is 25.9 Å². The number of hydrogen-bond acceptors (Lipinski definition) is 2. The molecule has 1 aromatic heterocycles. The fourth-order valence-electron chi connectivity index (χ4n) is 0.675. The molecule has 0 N–H and O–H groups in total. The largest absolute Gasteiger partial charge is 0.252 e. The first-order chi connectivity index (χ1) is 5.83. The predicted octanol–water partition coefficient (Wildman–Crippen LogP) is 2.88. The second-order valence-corrected chi connectivity index (χ2v) is 3.33. The van der Waals surface area contributed by atoms with Crippen LogP contribution in [0, 0.1) is 0 Å². The summed E-state index contributed by atoms with van der Waals surface area (Å²) in [5, 5.41) is 0. The molecular weight excluding hydrogens is 239 g/mol. The smallest absolute Gasteiger partial charge is 0.124 e. The lowest BCUT2D eigenvalue weighted by Crippen LogP contribution is -1.82. The SMILES string of the molecule is ClCCC=Cc1cnc(Br)cn1. The minimum absolute atomic E-state index is 0.639. The monoisotopic (exact) mass is 246 g/mol. The van der Waals surface area contributed by atoms with Crippen molar-refractivity contribution in [2.24, 2.45) is 0 Å². The second-order valence-electron chi connectivity index (χ2n) is 2.14. The van der Waals surface area contributed by atoms with Crippen LogP contribution in [0.3, 0.4) is 0 Å². The van der Waals surface area contributed by atoms with E-state index in [9.17, 15) is 0 Å². The Morgan fingerprint density at radius 2 is 2.25 bits per heavy atom. The molecular formula is C8H8BrClN2. The second kappa shape index (κ2) is 5.27. The van der Waals surface area contributed by atoms with Crippen LogP contribution in [0.25, 0.3) is 6.08 Å². The molecule has 0 aliphatic carbocycles. The topological polar surface area (TPSA) is 25.8 Å². The van der Waals surface area contributed by atoms with Crippen LogP contribution in [-0.2, 0) is 0 Å². The highest BCUT2D eigenvalue weighted by Gasteiger charge is 1.88. The summed E-state index contributed by atoms with van der Waals surface area (Å²) < 4.78 is 0.747. The lowest BCUT2D eigenvalue weighted by Gasteiger charge is -1.91. The van der Waals surface area contributed by atoms with Crippen molar-refractivity contribution in [2.75, 3.05) is 5.88 Å². The van der Waals surface area contributed by atoms with Gasteiger partial charge in [0, 0.05) is 5.88 Å². The number of hydrogen-bond donors (Lipinski definition) is 0. The van der Waals surface area contributed by atoms with E-state index >= 15 is 0 Å². The van der Waals surface area contributed by atoms with Crippen molar-refractivity contribution < 1.29 is 0 Å². The van der Waals surface area contributed by atoms with Crippen LogP contribution in [0.2, 0.25) is 0 Å². The van der Waals surface area contributed by atoms with Crippen molar-refractivity contribution in [2.45, 2.75) is 6.42 Å². The highest BCUT2D eigenvalue weighted by atomic mass is 79.9. The van der Waals surface area contributed by atoms with Gasteiger partial charge in [-0.05, 0) is 28.4 Å². The van der Waals surface area contributed by atoms with Crippen LogP contribution in [0.5, 0.6) is 0 Å². The van der Waals surface area contributed by atoms with Crippen molar-refractivity contribution in [1.82, 2.24) is 9.97 Å². The van der Waals surface area contributed by atoms with Gasteiger partial charge in [-0.2, -0.15) is 0 Å². The van der Waals surface area contributed by atoms with Crippen LogP contribution in [-0.4, -0.2) is 15.8 Å². The quantitative estimate of drug-likeness (QED) is 0.768. The molecule has 4 heteroatoms. The van der Waals surface area contributed by atoms with E-state index in [0.29, 0.717) is 5.88 Å². The number of allylic oxidation sites excluding steroid dienone is 1. The standard InChI is InChI=1S/C8H8BrClN2/c9-8-6-11-7(5-12-8)3-1-2-4-10/h1,3,5-6H,2,4H2. The Labute approximate surface area is 84.8 Å². The van der Waals surface area contributed by atoms with Crippen molar-refractivity contribution in [3.05, 3.63) is 28.8 Å². The molecule has 0 aliphatic rings. The van der Waals surface area contributed by atoms with Gasteiger partial charge in [-0.1, -0.05) is 6.08 Å². The Morgan fingerprint density at radius 3 is 2.83 bits per heavy atom. The molecule has 0 spiro atoms. The van der Waals surface area contributed by atoms with Gasteiger partial charge in [0.1, 0.15) is 4.60 Å². The number of alkyl halides is 1. The number of halogens is 2. The van der Waals surface area contributed by atoms with Crippen molar-refractivity contribution in [1.29, 1.82) is 0 Å². The molecule has 12 heavy (non-hydrogen) atoms. The predicted molar refractivity (Wildman–Crippen MR) is 54.1 cm³/mol. The summed E-state index contributed by atoms with van der Waals surface area (Å²) in [7, 11) is 0. The van der Waals surface area contributed by atoms with Gasteiger partial charge in [-0.25, -0.2) is 4.98 Å². The average molecular weight is 248 g/mol. The highest BCUT2D eigenvalue weighted by molar-refractivity contribution is 9.10. The fraction of sp³-hybridized carbons (Fsp3) is 0.250. The van der Waals surface area contributed by atoms with Crippen LogP contribution in [0.1, 0.15) is 12.1 Å². The summed E-state index contributed by atoms with van der Waals surface area (Å²) in [6, 6.07) is 0. The van der Waals surface area contributed by atoms with E-state index in [1.807, 2.05) is 12.2 Å². The molecule has 0 fully saturated rings. The molecule has 0 bridgehead atoms. The Kier molecular flexibility index (Phi) is 4.25. The zero-order valence-electron chi connectivity index (χ0n) is 6.37. The van der Waals surface area contributed by atoms with Gasteiger partial charge in [0.2, 0.25) is 0 Å². The molecule has 0 saturated heterocycles. The van der Waals surface area contributed by atoms with E-state index in [-0.39, 0.29) is 0 Å². The normalized spacial score (nSPS) is 10.8. The maximum absolute atomic E-state index is 5.50. The molecule has 0 aliphatic heterocycles. The van der Waals surface area contributed by atoms with Crippen LogP contribution < -0.4 is 0 Å². The number of rotatable bonds is 3. The zero-order chi connectivity index (χ0) is 8.81. The van der Waals surface area contributed by atoms with Crippen LogP contribution in [0.4, 0.5) is 0 Å². The third-order valence-electron chi connectivity index (χ3n) is 1.20. The summed E-state index contributed by atoms with van der Waals surface area (Å²) in [6.07, 6.45) is 8.11. The summed E-state index contributed by atoms with van der Waals surface area (Å²) in [4.78, 5) is 8.14. The van der Waals surface area contributed by atoms with E-state index < -0.39 is 0 Å². The van der Waals surface area contributed by atoms with E-state index in [1.165, 1.54) is 0 Å². The fourth-order valence-corrected chi connectivity index (χ4v) is 1.01. The maximum Gasteiger partial charge on any atom is 0.124 e. The van der Waals surface area contributed by atoms with E-state index in [1.54, 1.807) is 12.4 Å². The molecule has 0 radical (unpaired) electrons. The van der Waals surface area contributed by atoms with Gasteiger partial charge < -0.3 is 0 Å². The van der Waals surface area contributed by atoms with Gasteiger partial charge in [0.05, 0.1) is 18.1 Å². The minimum Gasteiger partial charge on any atom is -0.252 e. The van der Waals surface area contributed by atoms with Crippen molar-refractivity contribution in [3.63, 3.8) is 0 Å². The summed E-state index contributed by atoms with van der Waals surface area (Å²) >= 11 is 8.71. The number of nitrogens with zero attached hydrogens (tertiary/aromatic N) is 2. The first-order valence-corrected chi connectivity index (χ1v) is 4.85. The first-order valence-electron chi connectivity index (χ1n) is 3.53. The molecule has 0 atom stereocenters. The van der Waals surface area contributed by atoms with Gasteiger partial charge in [-0.15, -0.1) is 11.6 Å². The highest BCUT2D eigenvalue weighted by Crippen LogP contribution is 2.04. The Bertz CT molecular complexity index is 258. The summed E-state index contributed by atoms with van der Waals surface area (Å²) in [6.45, 7) is 0. The van der Waals surface area contributed by atoms with Crippen molar-refractivity contribution in [3.8, 4) is 0 Å². The molecule has 0 aromatic carbocycles. The Hall–Kier alpha value is -0.410. The summed E-state index contributed by atoms with van der Waals surface area (Å²) in [5.74, 6) is 0.639. The summed E-state index contributed by atoms with van der Waals surface area (Å²) in [5.41, 5.74) is 0.850. The van der Waals surface area contributed by atoms with Gasteiger partial charge in [0.15, 0.2) is 0 Å². The van der Waals surface area contributed by atoms with E-state index in [4.69, 9.17) is 11.6 Å². The Morgan fingerprint density at radius 1 is 1.42 bits per heavy atom. The molecule has 0 saturated carbocycles. The molecule has 0 amide bonds. The molecule has 64 valence electrons. The zero-order valence-corrected chi connectivity index (χ0v) is 8.72. The van der Waals surface area contributed by atoms with Crippen molar-refractivity contribution >= 4 is 33.6 Å². The molecule has 1 aromatic rings. The van der Waals surface area contributed by atoms with Crippen LogP contribution >= 0.6 is 27.5 Å². The van der Waals surface area contributed by atoms with Gasteiger partial charge in [0.25, 0.3) is 0 Å². The molecule has 2 nitrogen and oxygen atoms in total. The maximum atomic E-state index is 5.50. The van der Waals surface area contributed by atoms with Gasteiger partial charge >= 0.3 is 0 Å². The van der Waals surface area contributed by atoms with E-state index in [0.717, 1.165) is 16.7 Å². The lowest BCUT2D eigenvalue weighted by atomic mass is 10.3. The third-order valence-corrected chi connectivity index (χ3v) is 1.83.